The van der Waals surface area contributed by atoms with Gasteiger partial charge < -0.3 is 37.5 Å². The molecule has 2 aliphatic rings. The van der Waals surface area contributed by atoms with E-state index in [0.717, 1.165) is 0 Å². The zero-order valence-electron chi connectivity index (χ0n) is 25.6. The van der Waals surface area contributed by atoms with Crippen LogP contribution in [0, 0.1) is 0 Å². The Kier molecular flexibility index (Phi) is 13.2. The number of esters is 2. The first kappa shape index (κ1) is 35.0. The molecule has 8 atom stereocenters. The highest BCUT2D eigenvalue weighted by atomic mass is 32.9. The van der Waals surface area contributed by atoms with Crippen molar-refractivity contribution in [2.45, 2.75) is 88.9 Å². The Morgan fingerprint density at radius 2 is 1.36 bits per heavy atom. The average Bonchev–Trinajstić information content (AvgIpc) is 3.01. The van der Waals surface area contributed by atoms with Gasteiger partial charge in [0.05, 0.1) is 42.7 Å². The summed E-state index contributed by atoms with van der Waals surface area (Å²) in [5, 5.41) is 0. The molecule has 242 valence electrons. The van der Waals surface area contributed by atoms with Crippen LogP contribution in [0.4, 0.5) is 0 Å². The smallest absolute Gasteiger partial charge is 0.338 e. The summed E-state index contributed by atoms with van der Waals surface area (Å²) in [5.74, 6) is -1.07. The third-order valence-corrected chi connectivity index (χ3v) is 12.7. The van der Waals surface area contributed by atoms with Crippen LogP contribution in [-0.4, -0.2) is 80.6 Å². The molecule has 0 aliphatic carbocycles. The molecule has 0 unspecified atom stereocenters. The van der Waals surface area contributed by atoms with Crippen molar-refractivity contribution in [1.29, 1.82) is 0 Å². The van der Waals surface area contributed by atoms with Gasteiger partial charge in [0.25, 0.3) is 0 Å². The van der Waals surface area contributed by atoms with Crippen LogP contribution in [0.25, 0.3) is 0 Å². The Morgan fingerprint density at radius 3 is 1.91 bits per heavy atom. The third kappa shape index (κ3) is 9.34. The first-order valence-corrected chi connectivity index (χ1v) is 18.9. The summed E-state index contributed by atoms with van der Waals surface area (Å²) in [7, 11) is 1.62. The van der Waals surface area contributed by atoms with E-state index in [0.29, 0.717) is 30.8 Å². The Balaban J connectivity index is 1.47. The van der Waals surface area contributed by atoms with Gasteiger partial charge in [0.1, 0.15) is 17.6 Å². The van der Waals surface area contributed by atoms with Crippen LogP contribution in [0.1, 0.15) is 61.3 Å². The van der Waals surface area contributed by atoms with E-state index >= 15 is 0 Å². The van der Waals surface area contributed by atoms with Gasteiger partial charge in [-0.1, -0.05) is 36.4 Å². The summed E-state index contributed by atoms with van der Waals surface area (Å²) in [4.78, 5) is 26.1. The van der Waals surface area contributed by atoms with Gasteiger partial charge in [0.2, 0.25) is 5.69 Å². The van der Waals surface area contributed by atoms with Crippen LogP contribution in [0.3, 0.4) is 0 Å². The topological polar surface area (TPSA) is 108 Å². The summed E-state index contributed by atoms with van der Waals surface area (Å²) in [6.07, 6.45) is -3.77. The predicted molar refractivity (Wildman–Crippen MR) is 170 cm³/mol. The van der Waals surface area contributed by atoms with Gasteiger partial charge in [0.15, 0.2) is 12.4 Å². The maximum Gasteiger partial charge on any atom is 0.338 e. The minimum Gasteiger partial charge on any atom is -0.455 e. The van der Waals surface area contributed by atoms with Crippen molar-refractivity contribution in [2.24, 2.45) is 0 Å². The van der Waals surface area contributed by atoms with Crippen molar-refractivity contribution >= 4 is 40.8 Å². The molecule has 0 radical (unpaired) electrons. The summed E-state index contributed by atoms with van der Waals surface area (Å²) >= 11 is 7.09. The highest BCUT2D eigenvalue weighted by Crippen LogP contribution is 2.64. The van der Waals surface area contributed by atoms with E-state index in [-0.39, 0.29) is 18.0 Å². The Hall–Kier alpha value is -1.86. The van der Waals surface area contributed by atoms with Gasteiger partial charge in [-0.3, -0.25) is 0 Å². The Labute approximate surface area is 268 Å². The molecule has 0 bridgehead atoms. The van der Waals surface area contributed by atoms with Crippen molar-refractivity contribution in [1.82, 2.24) is 0 Å². The molecule has 2 fully saturated rings. The molecule has 0 aromatic heterocycles. The number of ether oxygens (including phenoxy) is 6. The van der Waals surface area contributed by atoms with E-state index in [1.54, 1.807) is 62.6 Å². The maximum atomic E-state index is 13.1. The Bertz CT molecular complexity index is 1240. The van der Waals surface area contributed by atoms with Gasteiger partial charge in [-0.05, 0) is 75.1 Å². The van der Waals surface area contributed by atoms with Gasteiger partial charge in [0, 0.05) is 20.0 Å². The van der Waals surface area contributed by atoms with Gasteiger partial charge in [-0.25, -0.2) is 9.59 Å². The van der Waals surface area contributed by atoms with E-state index in [2.05, 4.69) is 0 Å². The van der Waals surface area contributed by atoms with E-state index in [1.165, 1.54) is 11.4 Å². The molecule has 2 aliphatic heterocycles. The normalized spacial score (nSPS) is 29.1. The van der Waals surface area contributed by atoms with Crippen LogP contribution < -0.4 is 0 Å². The average molecular weight is 669 g/mol. The van der Waals surface area contributed by atoms with Crippen molar-refractivity contribution < 1.29 is 47.1 Å². The van der Waals surface area contributed by atoms with Crippen molar-refractivity contribution in [3.8, 4) is 0 Å². The first-order chi connectivity index (χ1) is 21.2. The maximum absolute atomic E-state index is 13.1. The number of carbonyl (C=O) groups is 2. The molecule has 2 aromatic carbocycles. The van der Waals surface area contributed by atoms with Crippen LogP contribution >= 0.6 is 17.1 Å². The van der Waals surface area contributed by atoms with E-state index in [9.17, 15) is 9.59 Å². The zero-order valence-corrected chi connectivity index (χ0v) is 28.1. The molecule has 4 rings (SSSR count). The van der Waals surface area contributed by atoms with Crippen LogP contribution in [-0.2, 0) is 49.3 Å². The monoisotopic (exact) mass is 668 g/mol. The summed E-state index contributed by atoms with van der Waals surface area (Å²) < 4.78 is 48.2. The standard InChI is InChI=1S/C31H41O10PS2/c1-6-35-42(43,36-7-2)44-27-19-24(34-5)28(21(4)38-27)40-26-18-25(39-30(32)22-14-10-8-11-15-22)29(20(3)37-26)41-31(33)23-16-12-9-13-17-23/h8-17,20-21,24-29H,6-7,18-19H2,1-5H3/t20-,21-,24-,25+,26-,27-,28-,29-/m1/s1. The lowest BCUT2D eigenvalue weighted by Gasteiger charge is -2.44. The molecular weight excluding hydrogens is 627 g/mol. The summed E-state index contributed by atoms with van der Waals surface area (Å²) in [6.45, 7) is 8.32. The lowest BCUT2D eigenvalue weighted by atomic mass is 10.00. The van der Waals surface area contributed by atoms with Crippen molar-refractivity contribution in [2.75, 3.05) is 20.3 Å². The largest absolute Gasteiger partial charge is 0.455 e. The van der Waals surface area contributed by atoms with Crippen LogP contribution in [0.5, 0.6) is 0 Å². The number of hydrogen-bond donors (Lipinski definition) is 0. The molecule has 0 spiro atoms. The molecule has 10 nitrogen and oxygen atoms in total. The number of methoxy groups -OCH3 is 1. The van der Waals surface area contributed by atoms with Crippen molar-refractivity contribution in [3.05, 3.63) is 71.8 Å². The van der Waals surface area contributed by atoms with Gasteiger partial charge in [-0.15, -0.1) is 0 Å². The summed E-state index contributed by atoms with van der Waals surface area (Å²) in [5.41, 5.74) is -2.14. The Morgan fingerprint density at radius 1 is 0.818 bits per heavy atom. The molecule has 2 heterocycles. The SMILES string of the molecule is CCOP(=S)(OCC)S[C@@H]1C[C@@H](OC)[C@H](O[C@@H]2C[C@H](OC(=O)c3ccccc3)[C@H](OC(=O)c3ccccc3)[C@@H](C)O2)[C@@H](C)O1. The third-order valence-electron chi connectivity index (χ3n) is 7.19. The fourth-order valence-corrected chi connectivity index (χ4v) is 10.5. The molecule has 0 amide bonds. The lowest BCUT2D eigenvalue weighted by Crippen LogP contribution is -2.55. The molecule has 13 heteroatoms. The number of hydrogen-bond acceptors (Lipinski definition) is 12. The zero-order chi connectivity index (χ0) is 31.7. The van der Waals surface area contributed by atoms with Gasteiger partial charge in [-0.2, -0.15) is 0 Å². The molecular formula is C31H41O10PS2. The highest BCUT2D eigenvalue weighted by molar-refractivity contribution is 8.68. The van der Waals surface area contributed by atoms with Crippen LogP contribution in [0.2, 0.25) is 0 Å². The van der Waals surface area contributed by atoms with E-state index < -0.39 is 54.4 Å². The number of carbonyl (C=O) groups excluding carboxylic acids is 2. The molecule has 2 saturated heterocycles. The van der Waals surface area contributed by atoms with Crippen molar-refractivity contribution in [3.63, 3.8) is 0 Å². The number of rotatable bonds is 13. The van der Waals surface area contributed by atoms with Crippen LogP contribution in [0.15, 0.2) is 60.7 Å². The molecule has 0 N–H and O–H groups in total. The second kappa shape index (κ2) is 16.6. The summed E-state index contributed by atoms with van der Waals surface area (Å²) in [6, 6.07) is 17.3. The highest BCUT2D eigenvalue weighted by Gasteiger charge is 2.46. The van der Waals surface area contributed by atoms with Gasteiger partial charge >= 0.3 is 11.9 Å². The minimum atomic E-state index is -2.59. The van der Waals surface area contributed by atoms with E-state index in [4.69, 9.17) is 49.3 Å². The lowest BCUT2D eigenvalue weighted by molar-refractivity contribution is -0.290. The quantitative estimate of drug-likeness (QED) is 0.181. The number of benzene rings is 2. The fourth-order valence-electron chi connectivity index (χ4n) is 5.15. The second-order valence-corrected chi connectivity index (χ2v) is 16.7. The minimum absolute atomic E-state index is 0.128. The second-order valence-electron chi connectivity index (χ2n) is 10.3. The van der Waals surface area contributed by atoms with E-state index in [1.807, 2.05) is 32.9 Å². The molecule has 44 heavy (non-hydrogen) atoms. The fraction of sp³-hybridized carbons (Fsp3) is 0.548. The predicted octanol–water partition coefficient (Wildman–Crippen LogP) is 6.14. The molecule has 0 saturated carbocycles. The molecule has 2 aromatic rings. The first-order valence-electron chi connectivity index (χ1n) is 14.7.